The first kappa shape index (κ1) is 13.8. The van der Waals surface area contributed by atoms with E-state index in [2.05, 4.69) is 12.1 Å². The van der Waals surface area contributed by atoms with Crippen LogP contribution in [0.5, 0.6) is 0 Å². The van der Waals surface area contributed by atoms with E-state index in [0.29, 0.717) is 12.5 Å². The van der Waals surface area contributed by atoms with Crippen LogP contribution in [0.1, 0.15) is 16.8 Å². The lowest BCUT2D eigenvalue weighted by Gasteiger charge is -2.16. The normalized spacial score (nSPS) is 18.0. The van der Waals surface area contributed by atoms with Gasteiger partial charge in [0, 0.05) is 18.7 Å². The van der Waals surface area contributed by atoms with Gasteiger partial charge in [0.15, 0.2) is 0 Å². The molecule has 3 nitrogen and oxygen atoms in total. The number of carbonyl (C=O) groups is 1. The van der Waals surface area contributed by atoms with Gasteiger partial charge in [-0.25, -0.2) is 0 Å². The number of rotatable bonds is 3. The Hall–Kier alpha value is -2.13. The molecule has 1 amide bonds. The second-order valence-electron chi connectivity index (χ2n) is 5.58. The number of likely N-dealkylation sites (tertiary alicyclic amines) is 1. The molecule has 3 heteroatoms. The molecule has 1 unspecified atom stereocenters. The molecule has 3 rings (SSSR count). The summed E-state index contributed by atoms with van der Waals surface area (Å²) in [5.41, 5.74) is 8.74. The van der Waals surface area contributed by atoms with E-state index >= 15 is 0 Å². The Morgan fingerprint density at radius 1 is 1.05 bits per heavy atom. The van der Waals surface area contributed by atoms with E-state index in [9.17, 15) is 4.79 Å². The Morgan fingerprint density at radius 2 is 1.71 bits per heavy atom. The first-order valence-corrected chi connectivity index (χ1v) is 7.43. The summed E-state index contributed by atoms with van der Waals surface area (Å²) in [7, 11) is 0. The molecular weight excluding hydrogens is 260 g/mol. The lowest BCUT2D eigenvalue weighted by molar-refractivity contribution is 0.0787. The molecular formula is C18H20N2O. The van der Waals surface area contributed by atoms with Gasteiger partial charge in [-0.1, -0.05) is 42.5 Å². The second-order valence-corrected chi connectivity index (χ2v) is 5.58. The van der Waals surface area contributed by atoms with Crippen LogP contribution in [0.4, 0.5) is 0 Å². The van der Waals surface area contributed by atoms with Gasteiger partial charge in [-0.2, -0.15) is 0 Å². The monoisotopic (exact) mass is 280 g/mol. The van der Waals surface area contributed by atoms with Crippen molar-refractivity contribution in [2.24, 2.45) is 11.7 Å². The van der Waals surface area contributed by atoms with Gasteiger partial charge in [0.05, 0.1) is 0 Å². The Labute approximate surface area is 125 Å². The molecule has 108 valence electrons. The summed E-state index contributed by atoms with van der Waals surface area (Å²) >= 11 is 0. The molecule has 21 heavy (non-hydrogen) atoms. The summed E-state index contributed by atoms with van der Waals surface area (Å²) in [4.78, 5) is 14.4. The Balaban J connectivity index is 1.74. The molecule has 1 saturated heterocycles. The summed E-state index contributed by atoms with van der Waals surface area (Å²) in [5, 5.41) is 0. The molecule has 1 atom stereocenters. The topological polar surface area (TPSA) is 46.3 Å². The molecule has 2 aromatic rings. The van der Waals surface area contributed by atoms with Crippen molar-refractivity contribution in [2.75, 3.05) is 19.6 Å². The van der Waals surface area contributed by atoms with Gasteiger partial charge in [0.1, 0.15) is 0 Å². The SMILES string of the molecule is NCC1CCN(C(=O)c2ccc(-c3ccccc3)cc2)C1. The van der Waals surface area contributed by atoms with Gasteiger partial charge in [0.2, 0.25) is 0 Å². The van der Waals surface area contributed by atoms with E-state index in [-0.39, 0.29) is 5.91 Å². The quantitative estimate of drug-likeness (QED) is 0.939. The Morgan fingerprint density at radius 3 is 2.33 bits per heavy atom. The fraction of sp³-hybridized carbons (Fsp3) is 0.278. The maximum Gasteiger partial charge on any atom is 0.253 e. The maximum atomic E-state index is 12.4. The number of hydrogen-bond acceptors (Lipinski definition) is 2. The van der Waals surface area contributed by atoms with E-state index in [0.717, 1.165) is 30.6 Å². The summed E-state index contributed by atoms with van der Waals surface area (Å²) in [6.45, 7) is 2.27. The van der Waals surface area contributed by atoms with Crippen LogP contribution < -0.4 is 5.73 Å². The summed E-state index contributed by atoms with van der Waals surface area (Å²) in [5.74, 6) is 0.572. The summed E-state index contributed by atoms with van der Waals surface area (Å²) < 4.78 is 0. The smallest absolute Gasteiger partial charge is 0.253 e. The molecule has 1 aliphatic rings. The van der Waals surface area contributed by atoms with Gasteiger partial charge in [-0.05, 0) is 42.1 Å². The molecule has 2 N–H and O–H groups in total. The molecule has 0 aromatic heterocycles. The standard InChI is InChI=1S/C18H20N2O/c19-12-14-10-11-20(13-14)18(21)17-8-6-16(7-9-17)15-4-2-1-3-5-15/h1-9,14H,10-13,19H2. The predicted octanol–water partition coefficient (Wildman–Crippen LogP) is 2.77. The van der Waals surface area contributed by atoms with Crippen LogP contribution in [-0.4, -0.2) is 30.4 Å². The van der Waals surface area contributed by atoms with E-state index in [1.807, 2.05) is 47.4 Å². The lowest BCUT2D eigenvalue weighted by atomic mass is 10.0. The maximum absolute atomic E-state index is 12.4. The molecule has 0 saturated carbocycles. The third-order valence-corrected chi connectivity index (χ3v) is 4.15. The fourth-order valence-electron chi connectivity index (χ4n) is 2.83. The van der Waals surface area contributed by atoms with Crippen molar-refractivity contribution >= 4 is 5.91 Å². The van der Waals surface area contributed by atoms with Crippen molar-refractivity contribution in [1.82, 2.24) is 4.90 Å². The molecule has 0 aliphatic carbocycles. The van der Waals surface area contributed by atoms with Gasteiger partial charge in [0.25, 0.3) is 5.91 Å². The van der Waals surface area contributed by atoms with Gasteiger partial charge >= 0.3 is 0 Å². The number of benzene rings is 2. The molecule has 2 aromatic carbocycles. The third-order valence-electron chi connectivity index (χ3n) is 4.15. The van der Waals surface area contributed by atoms with Crippen molar-refractivity contribution in [3.63, 3.8) is 0 Å². The number of hydrogen-bond donors (Lipinski definition) is 1. The number of amides is 1. The fourth-order valence-corrected chi connectivity index (χ4v) is 2.83. The van der Waals surface area contributed by atoms with Crippen LogP contribution in [-0.2, 0) is 0 Å². The minimum Gasteiger partial charge on any atom is -0.338 e. The van der Waals surface area contributed by atoms with Crippen molar-refractivity contribution in [2.45, 2.75) is 6.42 Å². The van der Waals surface area contributed by atoms with Crippen LogP contribution in [0, 0.1) is 5.92 Å². The van der Waals surface area contributed by atoms with Crippen molar-refractivity contribution in [1.29, 1.82) is 0 Å². The average molecular weight is 280 g/mol. The number of nitrogens with zero attached hydrogens (tertiary/aromatic N) is 1. The molecule has 1 heterocycles. The minimum absolute atomic E-state index is 0.116. The van der Waals surface area contributed by atoms with E-state index in [1.54, 1.807) is 0 Å². The number of nitrogens with two attached hydrogens (primary N) is 1. The van der Waals surface area contributed by atoms with Gasteiger partial charge in [-0.3, -0.25) is 4.79 Å². The summed E-state index contributed by atoms with van der Waals surface area (Å²) in [6.07, 6.45) is 1.02. The Bertz CT molecular complexity index is 607. The zero-order valence-corrected chi connectivity index (χ0v) is 12.0. The van der Waals surface area contributed by atoms with Crippen LogP contribution in [0.2, 0.25) is 0 Å². The minimum atomic E-state index is 0.116. The van der Waals surface area contributed by atoms with Crippen molar-refractivity contribution in [3.8, 4) is 11.1 Å². The van der Waals surface area contributed by atoms with Crippen LogP contribution in [0.15, 0.2) is 54.6 Å². The van der Waals surface area contributed by atoms with Crippen LogP contribution >= 0.6 is 0 Å². The van der Waals surface area contributed by atoms with Crippen LogP contribution in [0.25, 0.3) is 11.1 Å². The first-order chi connectivity index (χ1) is 10.3. The molecule has 1 aliphatic heterocycles. The number of carbonyl (C=O) groups excluding carboxylic acids is 1. The second kappa shape index (κ2) is 6.10. The van der Waals surface area contributed by atoms with Crippen molar-refractivity contribution in [3.05, 3.63) is 60.2 Å². The van der Waals surface area contributed by atoms with E-state index in [4.69, 9.17) is 5.73 Å². The highest BCUT2D eigenvalue weighted by atomic mass is 16.2. The zero-order chi connectivity index (χ0) is 14.7. The van der Waals surface area contributed by atoms with Crippen LogP contribution in [0.3, 0.4) is 0 Å². The predicted molar refractivity (Wildman–Crippen MR) is 84.9 cm³/mol. The van der Waals surface area contributed by atoms with E-state index < -0.39 is 0 Å². The molecule has 1 fully saturated rings. The highest BCUT2D eigenvalue weighted by Crippen LogP contribution is 2.21. The molecule has 0 bridgehead atoms. The third kappa shape index (κ3) is 2.98. The van der Waals surface area contributed by atoms with Crippen molar-refractivity contribution < 1.29 is 4.79 Å². The lowest BCUT2D eigenvalue weighted by Crippen LogP contribution is -2.29. The van der Waals surface area contributed by atoms with Gasteiger partial charge in [-0.15, -0.1) is 0 Å². The largest absolute Gasteiger partial charge is 0.338 e. The first-order valence-electron chi connectivity index (χ1n) is 7.43. The zero-order valence-electron chi connectivity index (χ0n) is 12.0. The highest BCUT2D eigenvalue weighted by Gasteiger charge is 2.25. The van der Waals surface area contributed by atoms with E-state index in [1.165, 1.54) is 5.56 Å². The van der Waals surface area contributed by atoms with Gasteiger partial charge < -0.3 is 10.6 Å². The molecule has 0 spiro atoms. The average Bonchev–Trinajstić information content (AvgIpc) is 3.04. The highest BCUT2D eigenvalue weighted by molar-refractivity contribution is 5.94. The molecule has 0 radical (unpaired) electrons. The summed E-state index contributed by atoms with van der Waals surface area (Å²) in [6, 6.07) is 18.0. The Kier molecular flexibility index (Phi) is 4.02.